The fourth-order valence-electron chi connectivity index (χ4n) is 3.05. The van der Waals surface area contributed by atoms with Gasteiger partial charge < -0.3 is 19.5 Å². The van der Waals surface area contributed by atoms with Gasteiger partial charge in [-0.1, -0.05) is 23.7 Å². The Hall–Kier alpha value is -4.04. The summed E-state index contributed by atoms with van der Waals surface area (Å²) in [5.74, 6) is 1.34. The first-order valence-electron chi connectivity index (χ1n) is 9.98. The normalized spacial score (nSPS) is 10.6. The molecule has 0 aliphatic heterocycles. The Balaban J connectivity index is 1.40. The number of carbonyl (C=O) groups excluding carboxylic acids is 1. The van der Waals surface area contributed by atoms with Gasteiger partial charge in [0.25, 0.3) is 11.5 Å². The van der Waals surface area contributed by atoms with Crippen molar-refractivity contribution in [2.75, 3.05) is 19.0 Å². The Morgan fingerprint density at radius 1 is 1.03 bits per heavy atom. The fourth-order valence-corrected chi connectivity index (χ4v) is 3.22. The first-order valence-corrected chi connectivity index (χ1v) is 10.4. The van der Waals surface area contributed by atoms with Gasteiger partial charge >= 0.3 is 0 Å². The third-order valence-electron chi connectivity index (χ3n) is 4.64. The molecule has 4 rings (SSSR count). The molecule has 0 spiro atoms. The van der Waals surface area contributed by atoms with Crippen LogP contribution in [0.2, 0.25) is 5.02 Å². The molecule has 4 aromatic rings. The van der Waals surface area contributed by atoms with Crippen LogP contribution in [0.3, 0.4) is 0 Å². The second-order valence-electron chi connectivity index (χ2n) is 6.96. The van der Waals surface area contributed by atoms with Crippen molar-refractivity contribution in [2.24, 2.45) is 0 Å². The van der Waals surface area contributed by atoms with E-state index in [-0.39, 0.29) is 24.7 Å². The zero-order valence-corrected chi connectivity index (χ0v) is 18.4. The monoisotopic (exact) mass is 465 g/mol. The van der Waals surface area contributed by atoms with E-state index in [9.17, 15) is 9.59 Å². The number of rotatable bonds is 8. The molecule has 2 heterocycles. The van der Waals surface area contributed by atoms with E-state index < -0.39 is 0 Å². The van der Waals surface area contributed by atoms with Crippen molar-refractivity contribution in [2.45, 2.75) is 6.61 Å². The molecule has 0 fully saturated rings. The van der Waals surface area contributed by atoms with Gasteiger partial charge in [-0.15, -0.1) is 0 Å². The molecule has 0 atom stereocenters. The molecular weight excluding hydrogens is 446 g/mol. The smallest absolute Gasteiger partial charge is 0.262 e. The molecule has 0 saturated heterocycles. The van der Waals surface area contributed by atoms with Crippen LogP contribution in [0.5, 0.6) is 17.2 Å². The van der Waals surface area contributed by atoms with Crippen LogP contribution in [-0.2, 0) is 11.4 Å². The molecule has 1 amide bonds. The molecule has 8 nitrogen and oxygen atoms in total. The number of aromatic nitrogens is 2. The van der Waals surface area contributed by atoms with E-state index in [4.69, 9.17) is 25.8 Å². The second kappa shape index (κ2) is 10.1. The van der Waals surface area contributed by atoms with Gasteiger partial charge in [0.15, 0.2) is 6.61 Å². The lowest BCUT2D eigenvalue weighted by atomic mass is 10.3. The van der Waals surface area contributed by atoms with Crippen molar-refractivity contribution in [1.82, 2.24) is 9.38 Å². The number of carbonyl (C=O) groups is 1. The number of amides is 1. The Kier molecular flexibility index (Phi) is 6.75. The maximum atomic E-state index is 12.4. The van der Waals surface area contributed by atoms with Crippen LogP contribution in [0.15, 0.2) is 77.7 Å². The summed E-state index contributed by atoms with van der Waals surface area (Å²) in [4.78, 5) is 29.1. The number of nitrogens with zero attached hydrogens (tertiary/aromatic N) is 2. The molecule has 0 bridgehead atoms. The summed E-state index contributed by atoms with van der Waals surface area (Å²) in [5.41, 5.74) is 1.12. The third kappa shape index (κ3) is 5.61. The minimum atomic E-state index is -0.346. The number of nitrogens with one attached hydrogen (secondary N) is 1. The molecule has 0 aliphatic rings. The zero-order chi connectivity index (χ0) is 23.2. The second-order valence-corrected chi connectivity index (χ2v) is 7.39. The third-order valence-corrected chi connectivity index (χ3v) is 4.87. The number of ether oxygens (including phenoxy) is 3. The van der Waals surface area contributed by atoms with E-state index in [1.165, 1.54) is 16.7 Å². The highest BCUT2D eigenvalue weighted by Crippen LogP contribution is 2.25. The van der Waals surface area contributed by atoms with E-state index in [0.717, 1.165) is 0 Å². The topological polar surface area (TPSA) is 91.2 Å². The highest BCUT2D eigenvalue weighted by Gasteiger charge is 2.10. The first kappa shape index (κ1) is 22.2. The number of hydrogen-bond acceptors (Lipinski definition) is 6. The van der Waals surface area contributed by atoms with Crippen LogP contribution in [0.25, 0.3) is 5.65 Å². The maximum Gasteiger partial charge on any atom is 0.262 e. The van der Waals surface area contributed by atoms with Crippen molar-refractivity contribution in [3.8, 4) is 17.2 Å². The van der Waals surface area contributed by atoms with Crippen LogP contribution in [0.1, 0.15) is 5.69 Å². The Bertz CT molecular complexity index is 1340. The van der Waals surface area contributed by atoms with Crippen molar-refractivity contribution >= 4 is 28.8 Å². The highest BCUT2D eigenvalue weighted by molar-refractivity contribution is 6.30. The molecular formula is C24H20ClN3O5. The summed E-state index contributed by atoms with van der Waals surface area (Å²) in [6, 6.07) is 18.6. The summed E-state index contributed by atoms with van der Waals surface area (Å²) >= 11 is 5.94. The van der Waals surface area contributed by atoms with Crippen LogP contribution in [-0.4, -0.2) is 29.0 Å². The number of methoxy groups -OCH3 is 1. The highest BCUT2D eigenvalue weighted by atomic mass is 35.5. The SMILES string of the molecule is COc1ccc(OCC(=O)Nc2ccccc2OCc2cc(=O)n3cc(Cl)ccc3n2)cc1. The van der Waals surface area contributed by atoms with Gasteiger partial charge in [-0.05, 0) is 48.5 Å². The van der Waals surface area contributed by atoms with E-state index in [1.807, 2.05) is 0 Å². The van der Waals surface area contributed by atoms with Gasteiger partial charge in [-0.2, -0.15) is 0 Å². The maximum absolute atomic E-state index is 12.4. The average molecular weight is 466 g/mol. The lowest BCUT2D eigenvalue weighted by Gasteiger charge is -2.13. The summed E-state index contributed by atoms with van der Waals surface area (Å²) in [5, 5.41) is 3.21. The predicted molar refractivity (Wildman–Crippen MR) is 124 cm³/mol. The van der Waals surface area contributed by atoms with E-state index in [0.29, 0.717) is 39.3 Å². The van der Waals surface area contributed by atoms with Gasteiger partial charge in [0.2, 0.25) is 0 Å². The summed E-state index contributed by atoms with van der Waals surface area (Å²) in [7, 11) is 1.58. The fraction of sp³-hybridized carbons (Fsp3) is 0.125. The van der Waals surface area contributed by atoms with Gasteiger partial charge in [-0.3, -0.25) is 14.0 Å². The van der Waals surface area contributed by atoms with Crippen LogP contribution in [0.4, 0.5) is 5.69 Å². The van der Waals surface area contributed by atoms with Gasteiger partial charge in [0, 0.05) is 12.3 Å². The van der Waals surface area contributed by atoms with E-state index in [2.05, 4.69) is 10.3 Å². The molecule has 168 valence electrons. The van der Waals surface area contributed by atoms with Crippen molar-refractivity contribution in [3.05, 3.63) is 94.0 Å². The molecule has 0 radical (unpaired) electrons. The average Bonchev–Trinajstić information content (AvgIpc) is 2.83. The van der Waals surface area contributed by atoms with E-state index >= 15 is 0 Å². The summed E-state index contributed by atoms with van der Waals surface area (Å²) in [6.07, 6.45) is 1.51. The standard InChI is InChI=1S/C24H20ClN3O5/c1-31-18-7-9-19(10-8-18)32-15-23(29)27-20-4-2-3-5-21(20)33-14-17-12-24(30)28-13-16(25)6-11-22(28)26-17/h2-13H,14-15H2,1H3,(H,27,29). The quantitative estimate of drug-likeness (QED) is 0.423. The Labute approximate surface area is 194 Å². The number of fused-ring (bicyclic) bond motifs is 1. The van der Waals surface area contributed by atoms with Crippen molar-refractivity contribution < 1.29 is 19.0 Å². The van der Waals surface area contributed by atoms with Gasteiger partial charge in [0.05, 0.1) is 23.5 Å². The number of anilines is 1. The predicted octanol–water partition coefficient (Wildman–Crippen LogP) is 3.95. The number of pyridine rings is 1. The lowest BCUT2D eigenvalue weighted by Crippen LogP contribution is -2.20. The molecule has 2 aromatic carbocycles. The minimum absolute atomic E-state index is 0.0452. The zero-order valence-electron chi connectivity index (χ0n) is 17.7. The molecule has 1 N–H and O–H groups in total. The summed E-state index contributed by atoms with van der Waals surface area (Å²) in [6.45, 7) is -0.129. The van der Waals surface area contributed by atoms with Crippen molar-refractivity contribution in [1.29, 1.82) is 0 Å². The molecule has 2 aromatic heterocycles. The molecule has 0 unspecified atom stereocenters. The Morgan fingerprint density at radius 2 is 1.79 bits per heavy atom. The molecule has 33 heavy (non-hydrogen) atoms. The largest absolute Gasteiger partial charge is 0.497 e. The minimum Gasteiger partial charge on any atom is -0.497 e. The van der Waals surface area contributed by atoms with Crippen molar-refractivity contribution in [3.63, 3.8) is 0 Å². The summed E-state index contributed by atoms with van der Waals surface area (Å²) < 4.78 is 17.8. The van der Waals surface area contributed by atoms with Crippen LogP contribution < -0.4 is 25.1 Å². The molecule has 0 saturated carbocycles. The molecule has 0 aliphatic carbocycles. The number of hydrogen-bond donors (Lipinski definition) is 1. The van der Waals surface area contributed by atoms with Crippen LogP contribution in [0, 0.1) is 0 Å². The first-order chi connectivity index (χ1) is 16.0. The Morgan fingerprint density at radius 3 is 2.58 bits per heavy atom. The lowest BCUT2D eigenvalue weighted by molar-refractivity contribution is -0.118. The molecule has 9 heteroatoms. The number of benzene rings is 2. The van der Waals surface area contributed by atoms with Gasteiger partial charge in [0.1, 0.15) is 29.5 Å². The number of halogens is 1. The van der Waals surface area contributed by atoms with Crippen LogP contribution >= 0.6 is 11.6 Å². The van der Waals surface area contributed by atoms with E-state index in [1.54, 1.807) is 67.8 Å². The van der Waals surface area contributed by atoms with Gasteiger partial charge in [-0.25, -0.2) is 4.98 Å². The number of para-hydroxylation sites is 2.